The lowest BCUT2D eigenvalue weighted by atomic mass is 10.0. The molecule has 14 heteroatoms. The van der Waals surface area contributed by atoms with E-state index >= 15 is 0 Å². The minimum Gasteiger partial charge on any atom is -0.490 e. The van der Waals surface area contributed by atoms with Gasteiger partial charge in [-0.1, -0.05) is 6.92 Å². The van der Waals surface area contributed by atoms with Crippen LogP contribution >= 0.6 is 0 Å². The van der Waals surface area contributed by atoms with Gasteiger partial charge in [-0.15, -0.1) is 0 Å². The van der Waals surface area contributed by atoms with Gasteiger partial charge >= 0.3 is 0 Å². The van der Waals surface area contributed by atoms with Crippen molar-refractivity contribution < 1.29 is 32.6 Å². The molecule has 0 fully saturated rings. The number of imidazole rings is 1. The van der Waals surface area contributed by atoms with Crippen LogP contribution in [0.3, 0.4) is 0 Å². The van der Waals surface area contributed by atoms with Crippen molar-refractivity contribution in [1.29, 1.82) is 0 Å². The van der Waals surface area contributed by atoms with Crippen LogP contribution in [0.25, 0.3) is 0 Å². The number of benzene rings is 1. The van der Waals surface area contributed by atoms with Crippen LogP contribution in [0.1, 0.15) is 63.2 Å². The number of rotatable bonds is 11. The van der Waals surface area contributed by atoms with Gasteiger partial charge in [-0.3, -0.25) is 14.3 Å². The molecule has 2 heterocycles. The van der Waals surface area contributed by atoms with E-state index in [1.165, 1.54) is 23.2 Å². The highest BCUT2D eigenvalue weighted by molar-refractivity contribution is 7.92. The summed E-state index contributed by atoms with van der Waals surface area (Å²) in [6.07, 6.45) is 5.74. The highest BCUT2D eigenvalue weighted by atomic mass is 32.2. The Hall–Kier alpha value is -3.20. The van der Waals surface area contributed by atoms with Crippen molar-refractivity contribution >= 4 is 27.5 Å². The Morgan fingerprint density at radius 3 is 2.61 bits per heavy atom. The second kappa shape index (κ2) is 17.1. The Kier molecular flexibility index (Phi) is 13.8. The molecular formula is C32H52N6O7S. The number of sulfonamides is 1. The predicted molar refractivity (Wildman–Crippen MR) is 176 cm³/mol. The molecule has 46 heavy (non-hydrogen) atoms. The first kappa shape index (κ1) is 37.3. The van der Waals surface area contributed by atoms with E-state index in [9.17, 15) is 23.1 Å². The monoisotopic (exact) mass is 664 g/mol. The summed E-state index contributed by atoms with van der Waals surface area (Å²) >= 11 is 0. The molecule has 0 saturated carbocycles. The van der Waals surface area contributed by atoms with Crippen molar-refractivity contribution in [3.63, 3.8) is 0 Å². The fraction of sp³-hybridized carbons (Fsp3) is 0.656. The van der Waals surface area contributed by atoms with Crippen molar-refractivity contribution in [3.05, 3.63) is 36.3 Å². The minimum atomic E-state index is -4.01. The lowest BCUT2D eigenvalue weighted by Gasteiger charge is -2.36. The number of aliphatic hydroxyl groups excluding tert-OH is 1. The first-order chi connectivity index (χ1) is 21.7. The van der Waals surface area contributed by atoms with Gasteiger partial charge in [0.25, 0.3) is 15.9 Å². The Balaban J connectivity index is 1.93. The van der Waals surface area contributed by atoms with Crippen LogP contribution in [0.2, 0.25) is 0 Å². The average Bonchev–Trinajstić information content (AvgIpc) is 3.45. The van der Waals surface area contributed by atoms with Crippen molar-refractivity contribution in [2.75, 3.05) is 58.7 Å². The lowest BCUT2D eigenvalue weighted by Crippen LogP contribution is -2.48. The van der Waals surface area contributed by atoms with E-state index in [1.807, 2.05) is 32.8 Å². The highest BCUT2D eigenvalue weighted by Gasteiger charge is 2.31. The minimum absolute atomic E-state index is 0.0364. The average molecular weight is 665 g/mol. The van der Waals surface area contributed by atoms with E-state index in [-0.39, 0.29) is 53.5 Å². The van der Waals surface area contributed by atoms with Crippen LogP contribution < -0.4 is 9.46 Å². The maximum Gasteiger partial charge on any atom is 0.280 e. The number of nitrogens with one attached hydrogen (secondary N) is 1. The van der Waals surface area contributed by atoms with Crippen LogP contribution in [0.5, 0.6) is 5.75 Å². The molecule has 0 unspecified atom stereocenters. The molecule has 1 aliphatic heterocycles. The summed E-state index contributed by atoms with van der Waals surface area (Å²) in [6.45, 7) is 7.29. The molecule has 258 valence electrons. The molecule has 0 radical (unpaired) electrons. The van der Waals surface area contributed by atoms with Gasteiger partial charge in [0.2, 0.25) is 5.91 Å². The Labute approximate surface area is 273 Å². The van der Waals surface area contributed by atoms with Gasteiger partial charge in [-0.25, -0.2) is 4.98 Å². The molecule has 0 aliphatic carbocycles. The maximum atomic E-state index is 14.3. The second-order valence-electron chi connectivity index (χ2n) is 12.7. The van der Waals surface area contributed by atoms with Crippen LogP contribution in [0.15, 0.2) is 35.7 Å². The van der Waals surface area contributed by atoms with Gasteiger partial charge in [-0.05, 0) is 78.4 Å². The predicted octanol–water partition coefficient (Wildman–Crippen LogP) is 2.82. The normalized spacial score (nSPS) is 20.8. The van der Waals surface area contributed by atoms with Crippen LogP contribution in [0.4, 0.5) is 5.69 Å². The highest BCUT2D eigenvalue weighted by Crippen LogP contribution is 2.29. The molecule has 4 atom stereocenters. The van der Waals surface area contributed by atoms with E-state index in [1.54, 1.807) is 43.0 Å². The van der Waals surface area contributed by atoms with Gasteiger partial charge in [0.1, 0.15) is 5.75 Å². The van der Waals surface area contributed by atoms with Crippen molar-refractivity contribution in [2.45, 2.75) is 76.2 Å². The summed E-state index contributed by atoms with van der Waals surface area (Å²) in [4.78, 5) is 36.5. The van der Waals surface area contributed by atoms with E-state index in [4.69, 9.17) is 9.47 Å². The number of aliphatic hydroxyl groups is 1. The number of hydrogen-bond acceptors (Lipinski definition) is 9. The molecule has 2 amide bonds. The first-order valence-electron chi connectivity index (χ1n) is 16.0. The number of anilines is 1. The third-order valence-corrected chi connectivity index (χ3v) is 9.40. The zero-order chi connectivity index (χ0) is 34.0. The van der Waals surface area contributed by atoms with Crippen LogP contribution in [-0.2, 0) is 26.6 Å². The quantitative estimate of drug-likeness (QED) is 0.370. The number of ether oxygens (including phenoxy) is 2. The van der Waals surface area contributed by atoms with Gasteiger partial charge in [0.05, 0.1) is 36.7 Å². The summed E-state index contributed by atoms with van der Waals surface area (Å²) in [5.74, 6) is -0.256. The molecule has 1 aromatic carbocycles. The SMILES string of the molecule is C[C@@H]1CCCCO[C@@H](CN(C)C(=O)CCCN(C)C)[C@@H](C)CN([C@H](C)CO)C(=O)c2cc(NS(=O)(=O)c3cn(C)cn3)ccc2O1. The number of fused-ring (bicyclic) bond motifs is 1. The Morgan fingerprint density at radius 1 is 1.22 bits per heavy atom. The van der Waals surface area contributed by atoms with Gasteiger partial charge in [0, 0.05) is 58.0 Å². The third kappa shape index (κ3) is 10.7. The first-order valence-corrected chi connectivity index (χ1v) is 17.4. The van der Waals surface area contributed by atoms with Gasteiger partial charge in [-0.2, -0.15) is 8.42 Å². The standard InChI is InChI=1S/C32H52N6O7S/c1-23-18-38(24(2)21-39)32(41)27-17-26(34-46(42,43)30-20-36(6)22-33-30)13-14-28(27)45-25(3)11-8-9-16-44-29(23)19-37(7)31(40)12-10-15-35(4)5/h13-14,17,20,22-25,29,34,39H,8-12,15-16,18-19,21H2,1-7H3/t23-,24+,25+,29-/m0/s1. The zero-order valence-electron chi connectivity index (χ0n) is 28.3. The van der Waals surface area contributed by atoms with E-state index in [2.05, 4.69) is 9.71 Å². The van der Waals surface area contributed by atoms with E-state index in [0.29, 0.717) is 31.7 Å². The van der Waals surface area contributed by atoms with Gasteiger partial charge < -0.3 is 33.8 Å². The van der Waals surface area contributed by atoms with Crippen molar-refractivity contribution in [3.8, 4) is 5.75 Å². The fourth-order valence-corrected chi connectivity index (χ4v) is 6.33. The summed E-state index contributed by atoms with van der Waals surface area (Å²) in [6, 6.07) is 4.06. The molecule has 2 N–H and O–H groups in total. The van der Waals surface area contributed by atoms with Crippen LogP contribution in [-0.4, -0.2) is 122 Å². The fourth-order valence-electron chi connectivity index (χ4n) is 5.29. The van der Waals surface area contributed by atoms with E-state index in [0.717, 1.165) is 25.8 Å². The Morgan fingerprint density at radius 2 is 1.96 bits per heavy atom. The molecule has 0 saturated heterocycles. The molecule has 1 aromatic heterocycles. The number of aromatic nitrogens is 2. The smallest absolute Gasteiger partial charge is 0.280 e. The number of hydrogen-bond donors (Lipinski definition) is 2. The number of carbonyl (C=O) groups excluding carboxylic acids is 2. The summed E-state index contributed by atoms with van der Waals surface area (Å²) in [5, 5.41) is 10.0. The summed E-state index contributed by atoms with van der Waals surface area (Å²) in [7, 11) is 3.39. The maximum absolute atomic E-state index is 14.3. The number of aryl methyl sites for hydroxylation is 1. The molecule has 0 bridgehead atoms. The van der Waals surface area contributed by atoms with Gasteiger partial charge in [0.15, 0.2) is 5.03 Å². The summed E-state index contributed by atoms with van der Waals surface area (Å²) in [5.41, 5.74) is 0.346. The zero-order valence-corrected chi connectivity index (χ0v) is 29.1. The van der Waals surface area contributed by atoms with Crippen molar-refractivity contribution in [1.82, 2.24) is 24.3 Å². The van der Waals surface area contributed by atoms with Crippen LogP contribution in [0, 0.1) is 5.92 Å². The number of amides is 2. The molecule has 1 aliphatic rings. The molecular weight excluding hydrogens is 612 g/mol. The molecule has 13 nitrogen and oxygen atoms in total. The summed E-state index contributed by atoms with van der Waals surface area (Å²) < 4.78 is 42.7. The molecule has 0 spiro atoms. The molecule has 2 aromatic rings. The lowest BCUT2D eigenvalue weighted by molar-refractivity contribution is -0.132. The number of likely N-dealkylation sites (N-methyl/N-ethyl adjacent to an activating group) is 1. The second-order valence-corrected chi connectivity index (χ2v) is 14.3. The number of carbonyl (C=O) groups is 2. The Bertz CT molecular complexity index is 1400. The molecule has 3 rings (SSSR count). The largest absolute Gasteiger partial charge is 0.490 e. The van der Waals surface area contributed by atoms with Crippen molar-refractivity contribution in [2.24, 2.45) is 13.0 Å². The third-order valence-electron chi connectivity index (χ3n) is 8.14. The number of nitrogens with zero attached hydrogens (tertiary/aromatic N) is 5. The topological polar surface area (TPSA) is 147 Å². The van der Waals surface area contributed by atoms with E-state index < -0.39 is 22.0 Å².